The van der Waals surface area contributed by atoms with Gasteiger partial charge in [0.1, 0.15) is 10.8 Å². The molecule has 2 aromatic heterocycles. The number of fused-ring (bicyclic) bond motifs is 1. The zero-order chi connectivity index (χ0) is 21.7. The minimum Gasteiger partial charge on any atom is -0.465 e. The molecule has 1 aliphatic carbocycles. The van der Waals surface area contributed by atoms with Crippen molar-refractivity contribution in [1.82, 2.24) is 0 Å². The number of ether oxygens (including phenoxy) is 2. The van der Waals surface area contributed by atoms with Crippen molar-refractivity contribution in [2.45, 2.75) is 46.1 Å². The Hall–Kier alpha value is -2.87. The van der Waals surface area contributed by atoms with E-state index in [-0.39, 0.29) is 6.61 Å². The number of esters is 2. The molecule has 8 heteroatoms. The highest BCUT2D eigenvalue weighted by Gasteiger charge is 2.30. The molecular formula is C22H25NO6S. The summed E-state index contributed by atoms with van der Waals surface area (Å²) in [5, 5.41) is 3.21. The number of amides is 1. The van der Waals surface area contributed by atoms with E-state index in [1.807, 2.05) is 0 Å². The standard InChI is InChI=1S/C22H25NO6S/c1-4-27-22(26)19-16-9-7-13(2)12-17(16)30-21(19)23-20(25)14(3)29-18(24)10-8-15-6-5-11-28-15/h5-6,8,10-11,13-14H,4,7,9,12H2,1-3H3,(H,23,25). The number of nitrogens with one attached hydrogen (secondary N) is 1. The third-order valence-corrected chi connectivity index (χ3v) is 5.99. The molecule has 0 saturated carbocycles. The lowest BCUT2D eigenvalue weighted by molar-refractivity contribution is -0.148. The van der Waals surface area contributed by atoms with Crippen LogP contribution in [0.25, 0.3) is 6.08 Å². The summed E-state index contributed by atoms with van der Waals surface area (Å²) in [5.41, 5.74) is 1.38. The van der Waals surface area contributed by atoms with Crippen LogP contribution in [0.4, 0.5) is 5.00 Å². The van der Waals surface area contributed by atoms with Crippen LogP contribution in [-0.2, 0) is 31.9 Å². The van der Waals surface area contributed by atoms with Crippen LogP contribution in [0.3, 0.4) is 0 Å². The maximum Gasteiger partial charge on any atom is 0.341 e. The molecule has 1 N–H and O–H groups in total. The summed E-state index contributed by atoms with van der Waals surface area (Å²) in [7, 11) is 0. The van der Waals surface area contributed by atoms with Crippen molar-refractivity contribution < 1.29 is 28.3 Å². The smallest absolute Gasteiger partial charge is 0.341 e. The Morgan fingerprint density at radius 2 is 2.20 bits per heavy atom. The van der Waals surface area contributed by atoms with E-state index in [1.54, 1.807) is 19.1 Å². The van der Waals surface area contributed by atoms with Crippen LogP contribution >= 0.6 is 11.3 Å². The van der Waals surface area contributed by atoms with Crippen LogP contribution in [0.2, 0.25) is 0 Å². The van der Waals surface area contributed by atoms with Gasteiger partial charge < -0.3 is 19.2 Å². The summed E-state index contributed by atoms with van der Waals surface area (Å²) in [6.07, 6.45) is 5.73. The Kier molecular flexibility index (Phi) is 7.10. The van der Waals surface area contributed by atoms with Crippen molar-refractivity contribution in [3.63, 3.8) is 0 Å². The lowest BCUT2D eigenvalue weighted by atomic mass is 9.88. The maximum atomic E-state index is 12.6. The van der Waals surface area contributed by atoms with Crippen LogP contribution < -0.4 is 5.32 Å². The molecule has 0 saturated heterocycles. The molecule has 1 aliphatic rings. The highest BCUT2D eigenvalue weighted by Crippen LogP contribution is 2.40. The molecule has 0 aromatic carbocycles. The van der Waals surface area contributed by atoms with Crippen molar-refractivity contribution in [3.8, 4) is 0 Å². The van der Waals surface area contributed by atoms with Gasteiger partial charge >= 0.3 is 11.9 Å². The Labute approximate surface area is 179 Å². The molecule has 160 valence electrons. The second-order valence-corrected chi connectivity index (χ2v) is 8.30. The maximum absolute atomic E-state index is 12.6. The third kappa shape index (κ3) is 5.18. The Morgan fingerprint density at radius 1 is 1.40 bits per heavy atom. The zero-order valence-corrected chi connectivity index (χ0v) is 18.0. The van der Waals surface area contributed by atoms with Gasteiger partial charge in [-0.2, -0.15) is 0 Å². The number of carbonyl (C=O) groups excluding carboxylic acids is 3. The summed E-state index contributed by atoms with van der Waals surface area (Å²) in [6.45, 7) is 5.65. The highest BCUT2D eigenvalue weighted by atomic mass is 32.1. The van der Waals surface area contributed by atoms with E-state index >= 15 is 0 Å². The summed E-state index contributed by atoms with van der Waals surface area (Å²) >= 11 is 1.39. The van der Waals surface area contributed by atoms with Gasteiger partial charge in [-0.3, -0.25) is 4.79 Å². The van der Waals surface area contributed by atoms with E-state index < -0.39 is 23.9 Å². The topological polar surface area (TPSA) is 94.8 Å². The van der Waals surface area contributed by atoms with Gasteiger partial charge in [-0.15, -0.1) is 11.3 Å². The lowest BCUT2D eigenvalue weighted by Gasteiger charge is -2.18. The average molecular weight is 432 g/mol. The van der Waals surface area contributed by atoms with Gasteiger partial charge in [0, 0.05) is 11.0 Å². The number of furan rings is 1. The molecule has 1 amide bonds. The third-order valence-electron chi connectivity index (χ3n) is 4.82. The minimum absolute atomic E-state index is 0.253. The van der Waals surface area contributed by atoms with Crippen molar-refractivity contribution in [1.29, 1.82) is 0 Å². The molecule has 0 fully saturated rings. The molecule has 2 aromatic rings. The van der Waals surface area contributed by atoms with Crippen molar-refractivity contribution in [2.24, 2.45) is 5.92 Å². The van der Waals surface area contributed by atoms with E-state index in [2.05, 4.69) is 12.2 Å². The minimum atomic E-state index is -1.04. The predicted molar refractivity (Wildman–Crippen MR) is 113 cm³/mol. The van der Waals surface area contributed by atoms with Gasteiger partial charge in [0.15, 0.2) is 6.10 Å². The first-order valence-electron chi connectivity index (χ1n) is 9.93. The van der Waals surface area contributed by atoms with Crippen LogP contribution in [0, 0.1) is 5.92 Å². The molecule has 0 radical (unpaired) electrons. The van der Waals surface area contributed by atoms with Crippen molar-refractivity contribution >= 4 is 40.3 Å². The van der Waals surface area contributed by atoms with Gasteiger partial charge in [0.05, 0.1) is 18.4 Å². The van der Waals surface area contributed by atoms with Gasteiger partial charge in [-0.25, -0.2) is 9.59 Å². The fourth-order valence-electron chi connectivity index (χ4n) is 3.27. The van der Waals surface area contributed by atoms with Crippen LogP contribution in [0.5, 0.6) is 0 Å². The average Bonchev–Trinajstić information content (AvgIpc) is 3.33. The van der Waals surface area contributed by atoms with Gasteiger partial charge in [-0.1, -0.05) is 6.92 Å². The molecule has 0 aliphatic heterocycles. The monoisotopic (exact) mass is 431 g/mol. The van der Waals surface area contributed by atoms with Gasteiger partial charge in [-0.05, 0) is 62.8 Å². The lowest BCUT2D eigenvalue weighted by Crippen LogP contribution is -2.29. The number of rotatable bonds is 7. The molecule has 2 heterocycles. The predicted octanol–water partition coefficient (Wildman–Crippen LogP) is 4.23. The summed E-state index contributed by atoms with van der Waals surface area (Å²) in [6, 6.07) is 3.39. The largest absolute Gasteiger partial charge is 0.465 e. The first-order chi connectivity index (χ1) is 14.4. The first-order valence-corrected chi connectivity index (χ1v) is 10.7. The fraction of sp³-hybridized carbons (Fsp3) is 0.409. The van der Waals surface area contributed by atoms with Crippen LogP contribution in [0.15, 0.2) is 28.9 Å². The number of carbonyl (C=O) groups is 3. The summed E-state index contributed by atoms with van der Waals surface area (Å²) < 4.78 is 15.5. The van der Waals surface area contributed by atoms with Crippen molar-refractivity contribution in [3.05, 3.63) is 46.2 Å². The second kappa shape index (κ2) is 9.75. The first kappa shape index (κ1) is 21.8. The Balaban J connectivity index is 1.70. The molecule has 3 rings (SSSR count). The Bertz CT molecular complexity index is 943. The number of hydrogen-bond donors (Lipinski definition) is 1. The molecular weight excluding hydrogens is 406 g/mol. The van der Waals surface area contributed by atoms with Gasteiger partial charge in [0.25, 0.3) is 5.91 Å². The highest BCUT2D eigenvalue weighted by molar-refractivity contribution is 7.17. The van der Waals surface area contributed by atoms with E-state index in [9.17, 15) is 14.4 Å². The normalized spacial score (nSPS) is 16.7. The number of anilines is 1. The van der Waals surface area contributed by atoms with E-state index in [4.69, 9.17) is 13.9 Å². The summed E-state index contributed by atoms with van der Waals surface area (Å²) in [4.78, 5) is 38.2. The second-order valence-electron chi connectivity index (χ2n) is 7.19. The molecule has 30 heavy (non-hydrogen) atoms. The van der Waals surface area contributed by atoms with E-state index in [0.717, 1.165) is 29.7 Å². The fourth-order valence-corrected chi connectivity index (χ4v) is 4.68. The number of hydrogen-bond acceptors (Lipinski definition) is 7. The SMILES string of the molecule is CCOC(=O)c1c(NC(=O)C(C)OC(=O)C=Cc2ccco2)sc2c1CCC(C)C2. The summed E-state index contributed by atoms with van der Waals surface area (Å²) in [5.74, 6) is -0.589. The van der Waals surface area contributed by atoms with Crippen LogP contribution in [0.1, 0.15) is 53.8 Å². The molecule has 0 bridgehead atoms. The van der Waals surface area contributed by atoms with E-state index in [1.165, 1.54) is 36.7 Å². The van der Waals surface area contributed by atoms with Crippen LogP contribution in [-0.4, -0.2) is 30.6 Å². The van der Waals surface area contributed by atoms with E-state index in [0.29, 0.717) is 22.2 Å². The molecule has 2 atom stereocenters. The molecule has 7 nitrogen and oxygen atoms in total. The molecule has 0 spiro atoms. The Morgan fingerprint density at radius 3 is 2.90 bits per heavy atom. The quantitative estimate of drug-likeness (QED) is 0.521. The molecule has 2 unspecified atom stereocenters. The zero-order valence-electron chi connectivity index (χ0n) is 17.2. The number of thiophene rings is 1. The van der Waals surface area contributed by atoms with Gasteiger partial charge in [0.2, 0.25) is 0 Å². The van der Waals surface area contributed by atoms with Crippen molar-refractivity contribution in [2.75, 3.05) is 11.9 Å².